The van der Waals surface area contributed by atoms with Crippen LogP contribution in [0.3, 0.4) is 0 Å². The lowest BCUT2D eigenvalue weighted by Crippen LogP contribution is -2.47. The molecular formula is C28H27N3O3. The topological polar surface area (TPSA) is 58.7 Å². The summed E-state index contributed by atoms with van der Waals surface area (Å²) in [5.74, 6) is -0.526. The minimum Gasteiger partial charge on any atom is -0.408 e. The van der Waals surface area contributed by atoms with Crippen LogP contribution in [0.2, 0.25) is 0 Å². The average molecular weight is 454 g/mol. The Hall–Kier alpha value is -3.74. The molecule has 1 aliphatic rings. The highest BCUT2D eigenvalue weighted by Crippen LogP contribution is 2.18. The second-order valence-electron chi connectivity index (χ2n) is 8.61. The Kier molecular flexibility index (Phi) is 6.51. The summed E-state index contributed by atoms with van der Waals surface area (Å²) in [6.07, 6.45) is 3.33. The van der Waals surface area contributed by atoms with Crippen molar-refractivity contribution >= 4 is 23.0 Å². The number of fused-ring (bicyclic) bond motifs is 1. The number of benzene rings is 3. The lowest BCUT2D eigenvalue weighted by Gasteiger charge is -2.34. The van der Waals surface area contributed by atoms with Gasteiger partial charge in [0.05, 0.1) is 12.2 Å². The zero-order valence-corrected chi connectivity index (χ0v) is 19.0. The highest BCUT2D eigenvalue weighted by Gasteiger charge is 2.20. The molecule has 4 aromatic rings. The summed E-state index contributed by atoms with van der Waals surface area (Å²) in [6.45, 7) is 5.09. The van der Waals surface area contributed by atoms with Crippen LogP contribution in [0.1, 0.15) is 21.5 Å². The van der Waals surface area contributed by atoms with Crippen molar-refractivity contribution < 1.29 is 9.21 Å². The van der Waals surface area contributed by atoms with Crippen molar-refractivity contribution in [2.75, 3.05) is 26.2 Å². The molecule has 0 spiro atoms. The summed E-state index contributed by atoms with van der Waals surface area (Å²) >= 11 is 0. The molecular weight excluding hydrogens is 426 g/mol. The van der Waals surface area contributed by atoms with Gasteiger partial charge in [-0.25, -0.2) is 4.79 Å². The van der Waals surface area contributed by atoms with Crippen molar-refractivity contribution in [3.8, 4) is 0 Å². The molecule has 172 valence electrons. The van der Waals surface area contributed by atoms with E-state index in [-0.39, 0.29) is 5.78 Å². The second kappa shape index (κ2) is 10.0. The zero-order chi connectivity index (χ0) is 23.3. The zero-order valence-electron chi connectivity index (χ0n) is 19.0. The number of aromatic nitrogens is 1. The van der Waals surface area contributed by atoms with Crippen LogP contribution in [0.15, 0.2) is 94.2 Å². The molecule has 6 nitrogen and oxygen atoms in total. The average Bonchev–Trinajstić information content (AvgIpc) is 3.19. The molecule has 1 saturated heterocycles. The number of nitrogens with zero attached hydrogens (tertiary/aromatic N) is 3. The van der Waals surface area contributed by atoms with Gasteiger partial charge in [0.15, 0.2) is 11.4 Å². The van der Waals surface area contributed by atoms with Gasteiger partial charge in [-0.05, 0) is 35.4 Å². The summed E-state index contributed by atoms with van der Waals surface area (Å²) in [6, 6.07) is 25.4. The number of piperazine rings is 1. The van der Waals surface area contributed by atoms with E-state index in [2.05, 4.69) is 34.1 Å². The number of allylic oxidation sites excluding steroid dienone is 1. The van der Waals surface area contributed by atoms with Gasteiger partial charge in [-0.3, -0.25) is 19.2 Å². The van der Waals surface area contributed by atoms with Crippen LogP contribution in [0.4, 0.5) is 0 Å². The first-order chi connectivity index (χ1) is 16.7. The smallest absolute Gasteiger partial charge is 0.408 e. The fraction of sp³-hybridized carbons (Fsp3) is 0.214. The van der Waals surface area contributed by atoms with Gasteiger partial charge in [-0.2, -0.15) is 0 Å². The van der Waals surface area contributed by atoms with Crippen molar-refractivity contribution in [1.82, 2.24) is 14.4 Å². The predicted octanol–water partition coefficient (Wildman–Crippen LogP) is 4.27. The first-order valence-corrected chi connectivity index (χ1v) is 11.6. The molecule has 2 heterocycles. The molecule has 3 aromatic carbocycles. The predicted molar refractivity (Wildman–Crippen MR) is 134 cm³/mol. The lowest BCUT2D eigenvalue weighted by atomic mass is 10.1. The van der Waals surface area contributed by atoms with Crippen LogP contribution in [0.25, 0.3) is 17.2 Å². The number of carbonyl (C=O) groups is 1. The Bertz CT molecular complexity index is 1350. The van der Waals surface area contributed by atoms with Gasteiger partial charge in [-0.15, -0.1) is 0 Å². The molecule has 0 atom stereocenters. The van der Waals surface area contributed by atoms with E-state index in [0.29, 0.717) is 23.3 Å². The fourth-order valence-electron chi connectivity index (χ4n) is 4.32. The molecule has 1 fully saturated rings. The van der Waals surface area contributed by atoms with Gasteiger partial charge in [0, 0.05) is 38.3 Å². The Morgan fingerprint density at radius 2 is 1.53 bits per heavy atom. The van der Waals surface area contributed by atoms with Gasteiger partial charge in [0.2, 0.25) is 0 Å². The van der Waals surface area contributed by atoms with Gasteiger partial charge in [0.25, 0.3) is 0 Å². The maximum absolute atomic E-state index is 12.6. The lowest BCUT2D eigenvalue weighted by molar-refractivity contribution is 0.102. The first kappa shape index (κ1) is 22.1. The standard InChI is InChI=1S/C28H27N3O3/c32-26(14-11-22-7-3-1-4-8-22)24-12-13-25-27(19-24)34-28(33)31(25)21-30-17-15-29(16-18-30)20-23-9-5-2-6-10-23/h1-14,19H,15-18,20-21H2/b14-11+. The third-order valence-corrected chi connectivity index (χ3v) is 6.23. The molecule has 0 N–H and O–H groups in total. The Labute approximate surface area is 198 Å². The van der Waals surface area contributed by atoms with Crippen molar-refractivity contribution in [2.45, 2.75) is 13.2 Å². The molecule has 6 heteroatoms. The third kappa shape index (κ3) is 5.09. The molecule has 0 saturated carbocycles. The maximum Gasteiger partial charge on any atom is 0.421 e. The van der Waals surface area contributed by atoms with E-state index in [1.54, 1.807) is 34.9 Å². The van der Waals surface area contributed by atoms with Crippen LogP contribution < -0.4 is 5.76 Å². The number of hydrogen-bond acceptors (Lipinski definition) is 5. The number of carbonyl (C=O) groups excluding carboxylic acids is 1. The van der Waals surface area contributed by atoms with Crippen molar-refractivity contribution in [1.29, 1.82) is 0 Å². The van der Waals surface area contributed by atoms with Gasteiger partial charge in [0.1, 0.15) is 0 Å². The van der Waals surface area contributed by atoms with Crippen molar-refractivity contribution in [2.24, 2.45) is 0 Å². The molecule has 1 aliphatic heterocycles. The SMILES string of the molecule is O=C(/C=C/c1ccccc1)c1ccc2c(c1)oc(=O)n2CN1CCN(Cc2ccccc2)CC1. The van der Waals surface area contributed by atoms with Crippen LogP contribution in [-0.2, 0) is 13.2 Å². The van der Waals surface area contributed by atoms with E-state index in [9.17, 15) is 9.59 Å². The second-order valence-corrected chi connectivity index (χ2v) is 8.61. The Balaban J connectivity index is 1.24. The highest BCUT2D eigenvalue weighted by molar-refractivity contribution is 6.08. The normalized spacial score (nSPS) is 15.3. The number of hydrogen-bond donors (Lipinski definition) is 0. The maximum atomic E-state index is 12.6. The third-order valence-electron chi connectivity index (χ3n) is 6.23. The molecule has 1 aromatic heterocycles. The molecule has 0 radical (unpaired) electrons. The minimum absolute atomic E-state index is 0.129. The molecule has 0 aliphatic carbocycles. The molecule has 0 amide bonds. The largest absolute Gasteiger partial charge is 0.421 e. The van der Waals surface area contributed by atoms with Crippen LogP contribution >= 0.6 is 0 Å². The quantitative estimate of drug-likeness (QED) is 0.309. The fourth-order valence-corrected chi connectivity index (χ4v) is 4.32. The summed E-state index contributed by atoms with van der Waals surface area (Å²) in [4.78, 5) is 29.9. The summed E-state index contributed by atoms with van der Waals surface area (Å²) in [5, 5.41) is 0. The van der Waals surface area contributed by atoms with Crippen molar-refractivity contribution in [3.63, 3.8) is 0 Å². The molecule has 34 heavy (non-hydrogen) atoms. The van der Waals surface area contributed by atoms with Crippen LogP contribution in [-0.4, -0.2) is 46.3 Å². The number of rotatable bonds is 7. The van der Waals surface area contributed by atoms with Gasteiger partial charge < -0.3 is 4.42 Å². The Morgan fingerprint density at radius 1 is 0.853 bits per heavy atom. The van der Waals surface area contributed by atoms with E-state index in [1.165, 1.54) is 5.56 Å². The van der Waals surface area contributed by atoms with E-state index in [1.807, 2.05) is 36.4 Å². The highest BCUT2D eigenvalue weighted by atomic mass is 16.4. The van der Waals surface area contributed by atoms with E-state index < -0.39 is 5.76 Å². The summed E-state index contributed by atoms with van der Waals surface area (Å²) in [7, 11) is 0. The molecule has 0 bridgehead atoms. The van der Waals surface area contributed by atoms with E-state index in [0.717, 1.165) is 38.3 Å². The van der Waals surface area contributed by atoms with Crippen molar-refractivity contribution in [3.05, 3.63) is 112 Å². The Morgan fingerprint density at radius 3 is 2.26 bits per heavy atom. The summed E-state index contributed by atoms with van der Waals surface area (Å²) < 4.78 is 7.14. The first-order valence-electron chi connectivity index (χ1n) is 11.6. The molecule has 5 rings (SSSR count). The van der Waals surface area contributed by atoms with E-state index in [4.69, 9.17) is 4.42 Å². The van der Waals surface area contributed by atoms with E-state index >= 15 is 0 Å². The number of oxazole rings is 1. The molecule has 0 unspecified atom stereocenters. The number of ketones is 1. The van der Waals surface area contributed by atoms with Crippen LogP contribution in [0.5, 0.6) is 0 Å². The van der Waals surface area contributed by atoms with Gasteiger partial charge >= 0.3 is 5.76 Å². The van der Waals surface area contributed by atoms with Crippen LogP contribution in [0, 0.1) is 0 Å². The van der Waals surface area contributed by atoms with Gasteiger partial charge in [-0.1, -0.05) is 66.7 Å². The monoisotopic (exact) mass is 453 g/mol. The summed E-state index contributed by atoms with van der Waals surface area (Å²) in [5.41, 5.74) is 3.91. The minimum atomic E-state index is -0.397.